The third-order valence-electron chi connectivity index (χ3n) is 3.09. The molecule has 3 rings (SSSR count). The Bertz CT molecular complexity index is 763. The van der Waals surface area contributed by atoms with Gasteiger partial charge in [0.2, 0.25) is 5.91 Å². The molecule has 0 bridgehead atoms. The molecule has 1 amide bonds. The topological polar surface area (TPSA) is 59.0 Å². The molecule has 0 aliphatic heterocycles. The monoisotopic (exact) mass is 292 g/mol. The van der Waals surface area contributed by atoms with E-state index in [0.717, 1.165) is 22.9 Å². The molecule has 0 atom stereocenters. The van der Waals surface area contributed by atoms with Crippen molar-refractivity contribution in [2.75, 3.05) is 10.6 Å². The normalized spacial score (nSPS) is 10.2. The van der Waals surface area contributed by atoms with Crippen LogP contribution in [-0.2, 0) is 4.79 Å². The van der Waals surface area contributed by atoms with E-state index in [0.29, 0.717) is 0 Å². The molecule has 0 unspecified atom stereocenters. The van der Waals surface area contributed by atoms with Crippen molar-refractivity contribution >= 4 is 23.1 Å². The van der Waals surface area contributed by atoms with Gasteiger partial charge in [0, 0.05) is 30.6 Å². The maximum Gasteiger partial charge on any atom is 0.221 e. The Labute approximate surface area is 128 Å². The molecule has 0 saturated heterocycles. The Morgan fingerprint density at radius 2 is 1.64 bits per heavy atom. The first-order valence-electron chi connectivity index (χ1n) is 6.96. The quantitative estimate of drug-likeness (QED) is 0.772. The van der Waals surface area contributed by atoms with E-state index in [1.807, 2.05) is 71.5 Å². The summed E-state index contributed by atoms with van der Waals surface area (Å²) in [4.78, 5) is 11.0. The second kappa shape index (κ2) is 6.13. The van der Waals surface area contributed by atoms with Crippen LogP contribution in [0, 0.1) is 0 Å². The van der Waals surface area contributed by atoms with E-state index in [-0.39, 0.29) is 5.91 Å². The van der Waals surface area contributed by atoms with E-state index in [9.17, 15) is 4.79 Å². The van der Waals surface area contributed by atoms with Crippen molar-refractivity contribution < 1.29 is 4.79 Å². The molecule has 0 aliphatic carbocycles. The first-order chi connectivity index (χ1) is 10.7. The van der Waals surface area contributed by atoms with Gasteiger partial charge in [-0.2, -0.15) is 5.10 Å². The lowest BCUT2D eigenvalue weighted by Gasteiger charge is -2.05. The van der Waals surface area contributed by atoms with Gasteiger partial charge in [-0.25, -0.2) is 4.68 Å². The van der Waals surface area contributed by atoms with Crippen LogP contribution in [0.3, 0.4) is 0 Å². The van der Waals surface area contributed by atoms with Gasteiger partial charge in [0.05, 0.1) is 5.69 Å². The van der Waals surface area contributed by atoms with Crippen molar-refractivity contribution in [1.82, 2.24) is 9.78 Å². The zero-order valence-corrected chi connectivity index (χ0v) is 12.2. The minimum Gasteiger partial charge on any atom is -0.339 e. The Morgan fingerprint density at radius 1 is 0.955 bits per heavy atom. The Balaban J connectivity index is 1.71. The van der Waals surface area contributed by atoms with Gasteiger partial charge in [-0.3, -0.25) is 4.79 Å². The van der Waals surface area contributed by atoms with Gasteiger partial charge in [-0.1, -0.05) is 18.2 Å². The number of rotatable bonds is 4. The second-order valence-electron chi connectivity index (χ2n) is 4.86. The van der Waals surface area contributed by atoms with Crippen molar-refractivity contribution in [3.8, 4) is 5.69 Å². The molecule has 0 radical (unpaired) electrons. The molecule has 2 aromatic carbocycles. The average Bonchev–Trinajstić information content (AvgIpc) is 2.98. The summed E-state index contributed by atoms with van der Waals surface area (Å²) in [6, 6.07) is 19.3. The van der Waals surface area contributed by atoms with E-state index in [1.165, 1.54) is 6.92 Å². The third-order valence-corrected chi connectivity index (χ3v) is 3.09. The molecule has 3 aromatic rings. The molecule has 1 aromatic heterocycles. The van der Waals surface area contributed by atoms with Crippen LogP contribution in [0.2, 0.25) is 0 Å². The van der Waals surface area contributed by atoms with Crippen LogP contribution in [0.5, 0.6) is 0 Å². The molecule has 0 aliphatic rings. The summed E-state index contributed by atoms with van der Waals surface area (Å²) in [7, 11) is 0. The number of amides is 1. The predicted molar refractivity (Wildman–Crippen MR) is 87.6 cm³/mol. The number of aromatic nitrogens is 2. The van der Waals surface area contributed by atoms with Crippen LogP contribution in [0.25, 0.3) is 5.69 Å². The molecular formula is C17H16N4O. The van der Waals surface area contributed by atoms with Gasteiger partial charge in [0.15, 0.2) is 5.82 Å². The highest BCUT2D eigenvalue weighted by Gasteiger charge is 2.02. The number of anilines is 3. The predicted octanol–water partition coefficient (Wildman–Crippen LogP) is 3.57. The fraction of sp³-hybridized carbons (Fsp3) is 0.0588. The Morgan fingerprint density at radius 3 is 2.32 bits per heavy atom. The molecule has 5 heteroatoms. The highest BCUT2D eigenvalue weighted by Crippen LogP contribution is 2.18. The molecule has 0 spiro atoms. The van der Waals surface area contributed by atoms with Crippen LogP contribution >= 0.6 is 0 Å². The smallest absolute Gasteiger partial charge is 0.221 e. The van der Waals surface area contributed by atoms with E-state index in [4.69, 9.17) is 0 Å². The Kier molecular flexibility index (Phi) is 3.87. The Hall–Kier alpha value is -3.08. The van der Waals surface area contributed by atoms with Gasteiger partial charge in [-0.15, -0.1) is 0 Å². The highest BCUT2D eigenvalue weighted by atomic mass is 16.1. The van der Waals surface area contributed by atoms with Crippen LogP contribution in [-0.4, -0.2) is 15.7 Å². The third kappa shape index (κ3) is 3.32. The van der Waals surface area contributed by atoms with Crippen molar-refractivity contribution in [2.24, 2.45) is 0 Å². The highest BCUT2D eigenvalue weighted by molar-refractivity contribution is 5.88. The molecule has 2 N–H and O–H groups in total. The van der Waals surface area contributed by atoms with Gasteiger partial charge in [-0.05, 0) is 36.4 Å². The number of benzene rings is 2. The maximum atomic E-state index is 11.0. The van der Waals surface area contributed by atoms with Gasteiger partial charge in [0.1, 0.15) is 0 Å². The second-order valence-corrected chi connectivity index (χ2v) is 4.86. The summed E-state index contributed by atoms with van der Waals surface area (Å²) < 4.78 is 1.81. The lowest BCUT2D eigenvalue weighted by Crippen LogP contribution is -2.05. The lowest BCUT2D eigenvalue weighted by molar-refractivity contribution is -0.114. The summed E-state index contributed by atoms with van der Waals surface area (Å²) in [6.07, 6.45) is 1.91. The molecule has 1 heterocycles. The first kappa shape index (κ1) is 13.9. The zero-order valence-electron chi connectivity index (χ0n) is 12.2. The SMILES string of the molecule is CC(=O)Nc1ccc(Nc2ccn(-c3ccccc3)n2)cc1. The summed E-state index contributed by atoms with van der Waals surface area (Å²) >= 11 is 0. The first-order valence-corrected chi connectivity index (χ1v) is 6.96. The van der Waals surface area contributed by atoms with Crippen LogP contribution in [0.1, 0.15) is 6.92 Å². The summed E-state index contributed by atoms with van der Waals surface area (Å²) in [5.41, 5.74) is 2.69. The van der Waals surface area contributed by atoms with Crippen molar-refractivity contribution in [3.63, 3.8) is 0 Å². The van der Waals surface area contributed by atoms with E-state index in [1.54, 1.807) is 0 Å². The fourth-order valence-electron chi connectivity index (χ4n) is 2.10. The molecular weight excluding hydrogens is 276 g/mol. The van der Waals surface area contributed by atoms with Crippen molar-refractivity contribution in [2.45, 2.75) is 6.92 Å². The number of nitrogens with zero attached hydrogens (tertiary/aromatic N) is 2. The van der Waals surface area contributed by atoms with Crippen LogP contribution < -0.4 is 10.6 Å². The molecule has 5 nitrogen and oxygen atoms in total. The molecule has 22 heavy (non-hydrogen) atoms. The van der Waals surface area contributed by atoms with Crippen molar-refractivity contribution in [3.05, 3.63) is 66.9 Å². The summed E-state index contributed by atoms with van der Waals surface area (Å²) in [5.74, 6) is 0.679. The van der Waals surface area contributed by atoms with Gasteiger partial charge in [0.25, 0.3) is 0 Å². The number of carbonyl (C=O) groups excluding carboxylic acids is 1. The standard InChI is InChI=1S/C17H16N4O/c1-13(22)18-14-7-9-15(10-8-14)19-17-11-12-21(20-17)16-5-3-2-4-6-16/h2-12H,1H3,(H,18,22)(H,19,20). The number of para-hydroxylation sites is 1. The van der Waals surface area contributed by atoms with E-state index >= 15 is 0 Å². The minimum absolute atomic E-state index is 0.0812. The number of carbonyl (C=O) groups is 1. The lowest BCUT2D eigenvalue weighted by atomic mass is 10.3. The number of nitrogens with one attached hydrogen (secondary N) is 2. The molecule has 110 valence electrons. The van der Waals surface area contributed by atoms with Gasteiger partial charge < -0.3 is 10.6 Å². The average molecular weight is 292 g/mol. The van der Waals surface area contributed by atoms with E-state index in [2.05, 4.69) is 15.7 Å². The van der Waals surface area contributed by atoms with E-state index < -0.39 is 0 Å². The fourth-order valence-corrected chi connectivity index (χ4v) is 2.10. The van der Waals surface area contributed by atoms with Gasteiger partial charge >= 0.3 is 0 Å². The molecule has 0 saturated carbocycles. The number of hydrogen-bond donors (Lipinski definition) is 2. The largest absolute Gasteiger partial charge is 0.339 e. The maximum absolute atomic E-state index is 11.0. The van der Waals surface area contributed by atoms with Crippen molar-refractivity contribution in [1.29, 1.82) is 0 Å². The molecule has 0 fully saturated rings. The number of hydrogen-bond acceptors (Lipinski definition) is 3. The zero-order chi connectivity index (χ0) is 15.4. The summed E-state index contributed by atoms with van der Waals surface area (Å²) in [5, 5.41) is 10.4. The minimum atomic E-state index is -0.0812. The summed E-state index contributed by atoms with van der Waals surface area (Å²) in [6.45, 7) is 1.49. The van der Waals surface area contributed by atoms with Crippen LogP contribution in [0.15, 0.2) is 66.9 Å². The van der Waals surface area contributed by atoms with Crippen LogP contribution in [0.4, 0.5) is 17.2 Å².